The highest BCUT2D eigenvalue weighted by molar-refractivity contribution is 9.10. The molecule has 0 fully saturated rings. The van der Waals surface area contributed by atoms with Crippen LogP contribution in [0.4, 0.5) is 0 Å². The Bertz CT molecular complexity index is 710. The fourth-order valence-corrected chi connectivity index (χ4v) is 2.35. The highest BCUT2D eigenvalue weighted by atomic mass is 79.9. The number of imidazole rings is 1. The van der Waals surface area contributed by atoms with Crippen LogP contribution in [-0.4, -0.2) is 19.4 Å². The smallest absolute Gasteiger partial charge is 0.155 e. The molecule has 5 nitrogen and oxygen atoms in total. The number of nitrogens with one attached hydrogen (secondary N) is 1. The summed E-state index contributed by atoms with van der Waals surface area (Å²) in [4.78, 5) is 12.9. The second-order valence-corrected chi connectivity index (χ2v) is 5.36. The summed E-state index contributed by atoms with van der Waals surface area (Å²) in [7, 11) is 0. The van der Waals surface area contributed by atoms with Crippen molar-refractivity contribution in [3.05, 3.63) is 59.0 Å². The van der Waals surface area contributed by atoms with Gasteiger partial charge in [0.15, 0.2) is 5.65 Å². The molecule has 0 spiro atoms. The fourth-order valence-electron chi connectivity index (χ4n) is 2.04. The van der Waals surface area contributed by atoms with Crippen LogP contribution in [0.1, 0.15) is 24.4 Å². The number of rotatable bonds is 4. The first-order valence-corrected chi connectivity index (χ1v) is 7.15. The van der Waals surface area contributed by atoms with Gasteiger partial charge in [0.1, 0.15) is 4.60 Å². The van der Waals surface area contributed by atoms with E-state index in [2.05, 4.69) is 43.1 Å². The first kappa shape index (κ1) is 13.2. The van der Waals surface area contributed by atoms with Crippen molar-refractivity contribution in [1.29, 1.82) is 0 Å². The molecular weight excluding hydrogens is 318 g/mol. The Kier molecular flexibility index (Phi) is 3.75. The van der Waals surface area contributed by atoms with Crippen LogP contribution < -0.4 is 5.32 Å². The molecule has 102 valence electrons. The van der Waals surface area contributed by atoms with Gasteiger partial charge >= 0.3 is 0 Å². The first-order valence-electron chi connectivity index (χ1n) is 6.36. The molecule has 3 aromatic rings. The lowest BCUT2D eigenvalue weighted by Crippen LogP contribution is -2.19. The number of hydrogen-bond acceptors (Lipinski definition) is 4. The highest BCUT2D eigenvalue weighted by Gasteiger charge is 2.08. The third-order valence-corrected chi connectivity index (χ3v) is 3.57. The van der Waals surface area contributed by atoms with Gasteiger partial charge < -0.3 is 5.32 Å². The predicted octanol–water partition coefficient (Wildman–Crippen LogP) is 2.74. The van der Waals surface area contributed by atoms with Crippen molar-refractivity contribution < 1.29 is 0 Å². The molecule has 0 bridgehead atoms. The van der Waals surface area contributed by atoms with E-state index in [4.69, 9.17) is 0 Å². The van der Waals surface area contributed by atoms with E-state index >= 15 is 0 Å². The number of aromatic nitrogens is 4. The van der Waals surface area contributed by atoms with Gasteiger partial charge in [0.2, 0.25) is 0 Å². The Balaban J connectivity index is 1.75. The Labute approximate surface area is 125 Å². The van der Waals surface area contributed by atoms with Crippen LogP contribution in [0.25, 0.3) is 5.65 Å². The van der Waals surface area contributed by atoms with E-state index in [0.29, 0.717) is 0 Å². The molecule has 1 N–H and O–H groups in total. The van der Waals surface area contributed by atoms with E-state index < -0.39 is 0 Å². The van der Waals surface area contributed by atoms with Crippen LogP contribution in [0.3, 0.4) is 0 Å². The molecule has 0 saturated carbocycles. The van der Waals surface area contributed by atoms with E-state index in [-0.39, 0.29) is 6.04 Å². The third kappa shape index (κ3) is 2.71. The summed E-state index contributed by atoms with van der Waals surface area (Å²) in [5.41, 5.74) is 2.96. The monoisotopic (exact) mass is 331 g/mol. The van der Waals surface area contributed by atoms with Crippen molar-refractivity contribution in [3.63, 3.8) is 0 Å². The summed E-state index contributed by atoms with van der Waals surface area (Å²) < 4.78 is 2.82. The molecule has 3 heterocycles. The van der Waals surface area contributed by atoms with Crippen LogP contribution in [-0.2, 0) is 6.54 Å². The minimum atomic E-state index is 0.187. The quantitative estimate of drug-likeness (QED) is 0.798. The molecule has 1 unspecified atom stereocenters. The minimum absolute atomic E-state index is 0.187. The van der Waals surface area contributed by atoms with Crippen LogP contribution in [0.15, 0.2) is 47.6 Å². The van der Waals surface area contributed by atoms with E-state index in [1.54, 1.807) is 6.20 Å². The van der Waals surface area contributed by atoms with Gasteiger partial charge in [-0.25, -0.2) is 9.97 Å². The van der Waals surface area contributed by atoms with Gasteiger partial charge in [0.05, 0.1) is 23.8 Å². The lowest BCUT2D eigenvalue weighted by Gasteiger charge is -2.12. The van der Waals surface area contributed by atoms with Gasteiger partial charge in [0, 0.05) is 25.0 Å². The van der Waals surface area contributed by atoms with Crippen molar-refractivity contribution in [3.8, 4) is 0 Å². The largest absolute Gasteiger partial charge is 0.303 e. The molecular formula is C14H14BrN5. The molecule has 3 aromatic heterocycles. The Hall–Kier alpha value is -1.79. The summed E-state index contributed by atoms with van der Waals surface area (Å²) in [6.07, 6.45) is 7.34. The van der Waals surface area contributed by atoms with Gasteiger partial charge in [-0.2, -0.15) is 0 Å². The molecule has 1 atom stereocenters. The van der Waals surface area contributed by atoms with Crippen LogP contribution in [0.5, 0.6) is 0 Å². The third-order valence-electron chi connectivity index (χ3n) is 3.16. The Morgan fingerprint density at radius 2 is 2.15 bits per heavy atom. The number of nitrogens with zero attached hydrogens (tertiary/aromatic N) is 4. The van der Waals surface area contributed by atoms with Crippen molar-refractivity contribution >= 4 is 21.6 Å². The number of fused-ring (bicyclic) bond motifs is 1. The molecule has 0 radical (unpaired) electrons. The maximum absolute atomic E-state index is 4.35. The molecule has 0 aromatic carbocycles. The molecule has 0 saturated heterocycles. The van der Waals surface area contributed by atoms with E-state index in [1.807, 2.05) is 41.2 Å². The van der Waals surface area contributed by atoms with Gasteiger partial charge in [-0.1, -0.05) is 6.07 Å². The standard InChI is InChI=1S/C14H14BrN5/c1-10(12-4-2-3-5-16-12)17-6-11-7-19-14-8-18-13(15)9-20(11)14/h2-5,7-10,17H,6H2,1H3. The van der Waals surface area contributed by atoms with Gasteiger partial charge in [0.25, 0.3) is 0 Å². The average molecular weight is 332 g/mol. The first-order chi connectivity index (χ1) is 9.74. The molecule has 3 rings (SSSR count). The fraction of sp³-hybridized carbons (Fsp3) is 0.214. The maximum Gasteiger partial charge on any atom is 0.155 e. The molecule has 20 heavy (non-hydrogen) atoms. The zero-order chi connectivity index (χ0) is 13.9. The summed E-state index contributed by atoms with van der Waals surface area (Å²) in [5.74, 6) is 0. The SMILES string of the molecule is CC(NCc1cnc2cnc(Br)cn12)c1ccccn1. The summed E-state index contributed by atoms with van der Waals surface area (Å²) >= 11 is 3.38. The average Bonchev–Trinajstić information content (AvgIpc) is 2.88. The number of halogens is 1. The second kappa shape index (κ2) is 5.68. The molecule has 0 aliphatic heterocycles. The van der Waals surface area contributed by atoms with Crippen LogP contribution in [0.2, 0.25) is 0 Å². The number of hydrogen-bond donors (Lipinski definition) is 1. The second-order valence-electron chi connectivity index (χ2n) is 4.54. The molecule has 0 aliphatic carbocycles. The lowest BCUT2D eigenvalue weighted by molar-refractivity contribution is 0.553. The van der Waals surface area contributed by atoms with E-state index in [1.165, 1.54) is 0 Å². The molecule has 0 aliphatic rings. The highest BCUT2D eigenvalue weighted by Crippen LogP contribution is 2.13. The normalized spacial score (nSPS) is 12.7. The topological polar surface area (TPSA) is 55.1 Å². The maximum atomic E-state index is 4.35. The van der Waals surface area contributed by atoms with Gasteiger partial charge in [-0.05, 0) is 35.0 Å². The van der Waals surface area contributed by atoms with Crippen molar-refractivity contribution in [1.82, 2.24) is 24.7 Å². The molecule has 0 amide bonds. The zero-order valence-electron chi connectivity index (χ0n) is 11.0. The summed E-state index contributed by atoms with van der Waals surface area (Å²) in [6.45, 7) is 2.82. The minimum Gasteiger partial charge on any atom is -0.303 e. The van der Waals surface area contributed by atoms with Gasteiger partial charge in [-0.15, -0.1) is 0 Å². The number of pyridine rings is 1. The molecule has 6 heteroatoms. The van der Waals surface area contributed by atoms with Crippen molar-refractivity contribution in [2.75, 3.05) is 0 Å². The van der Waals surface area contributed by atoms with Crippen molar-refractivity contribution in [2.24, 2.45) is 0 Å². The Morgan fingerprint density at radius 1 is 1.25 bits per heavy atom. The summed E-state index contributed by atoms with van der Waals surface area (Å²) in [5, 5.41) is 3.45. The van der Waals surface area contributed by atoms with E-state index in [9.17, 15) is 0 Å². The van der Waals surface area contributed by atoms with Crippen molar-refractivity contribution in [2.45, 2.75) is 19.5 Å². The predicted molar refractivity (Wildman–Crippen MR) is 80.2 cm³/mol. The summed E-state index contributed by atoms with van der Waals surface area (Å²) in [6, 6.07) is 6.13. The zero-order valence-corrected chi connectivity index (χ0v) is 12.6. The lowest BCUT2D eigenvalue weighted by atomic mass is 10.2. The van der Waals surface area contributed by atoms with E-state index in [0.717, 1.165) is 28.2 Å². The van der Waals surface area contributed by atoms with Gasteiger partial charge in [-0.3, -0.25) is 9.38 Å². The van der Waals surface area contributed by atoms with Crippen LogP contribution >= 0.6 is 15.9 Å². The van der Waals surface area contributed by atoms with Crippen LogP contribution in [0, 0.1) is 0 Å². The Morgan fingerprint density at radius 3 is 2.95 bits per heavy atom.